The van der Waals surface area contributed by atoms with Crippen LogP contribution in [0.1, 0.15) is 38.9 Å². The van der Waals surface area contributed by atoms with Gasteiger partial charge in [-0.05, 0) is 18.9 Å². The molecule has 1 atom stereocenters. The molecule has 0 aliphatic carbocycles. The number of nitrogens with zero attached hydrogens (tertiary/aromatic N) is 2. The number of methoxy groups -OCH3 is 1. The van der Waals surface area contributed by atoms with E-state index in [4.69, 9.17) is 16.3 Å². The Bertz CT molecular complexity index is 352. The van der Waals surface area contributed by atoms with Crippen molar-refractivity contribution in [3.05, 3.63) is 16.9 Å². The first kappa shape index (κ1) is 15.5. The van der Waals surface area contributed by atoms with Gasteiger partial charge in [-0.15, -0.1) is 0 Å². The Kier molecular flexibility index (Phi) is 6.68. The molecular formula is C13H24ClN3O. The van der Waals surface area contributed by atoms with Crippen molar-refractivity contribution in [3.63, 3.8) is 0 Å². The summed E-state index contributed by atoms with van der Waals surface area (Å²) in [4.78, 5) is 0. The number of nitrogens with one attached hydrogen (secondary N) is 1. The number of ether oxygens (including phenoxy) is 1. The quantitative estimate of drug-likeness (QED) is 0.792. The summed E-state index contributed by atoms with van der Waals surface area (Å²) in [6.45, 7) is 8.90. The van der Waals surface area contributed by atoms with Gasteiger partial charge < -0.3 is 10.1 Å². The smallest absolute Gasteiger partial charge is 0.0834 e. The van der Waals surface area contributed by atoms with Crippen LogP contribution < -0.4 is 5.32 Å². The van der Waals surface area contributed by atoms with Crippen molar-refractivity contribution in [1.82, 2.24) is 15.1 Å². The molecule has 1 N–H and O–H groups in total. The topological polar surface area (TPSA) is 39.1 Å². The fourth-order valence-electron chi connectivity index (χ4n) is 1.99. The van der Waals surface area contributed by atoms with Crippen LogP contribution in [0.4, 0.5) is 0 Å². The van der Waals surface area contributed by atoms with Crippen LogP contribution in [0.2, 0.25) is 5.02 Å². The summed E-state index contributed by atoms with van der Waals surface area (Å²) in [5.74, 6) is 0.465. The van der Waals surface area contributed by atoms with Crippen LogP contribution in [0.15, 0.2) is 6.20 Å². The predicted molar refractivity (Wildman–Crippen MR) is 75.0 cm³/mol. The third kappa shape index (κ3) is 3.97. The monoisotopic (exact) mass is 273 g/mol. The van der Waals surface area contributed by atoms with Gasteiger partial charge >= 0.3 is 0 Å². The van der Waals surface area contributed by atoms with E-state index in [2.05, 4.69) is 31.2 Å². The zero-order valence-electron chi connectivity index (χ0n) is 11.7. The second-order valence-corrected chi connectivity index (χ2v) is 5.18. The molecule has 1 heterocycles. The Hall–Kier alpha value is -0.580. The maximum absolute atomic E-state index is 6.28. The Morgan fingerprint density at radius 2 is 2.22 bits per heavy atom. The van der Waals surface area contributed by atoms with Gasteiger partial charge in [0.2, 0.25) is 0 Å². The normalized spacial score (nSPS) is 13.2. The van der Waals surface area contributed by atoms with Gasteiger partial charge in [0.15, 0.2) is 0 Å². The largest absolute Gasteiger partial charge is 0.383 e. The lowest BCUT2D eigenvalue weighted by Crippen LogP contribution is -2.29. The van der Waals surface area contributed by atoms with E-state index in [1.165, 1.54) is 0 Å². The molecule has 1 aromatic heterocycles. The molecular weight excluding hydrogens is 250 g/mol. The molecule has 0 spiro atoms. The summed E-state index contributed by atoms with van der Waals surface area (Å²) in [6, 6.07) is 0.233. The van der Waals surface area contributed by atoms with E-state index >= 15 is 0 Å². The summed E-state index contributed by atoms with van der Waals surface area (Å²) in [5, 5.41) is 8.60. The van der Waals surface area contributed by atoms with E-state index in [1.807, 2.05) is 4.68 Å². The minimum atomic E-state index is 0.233. The molecule has 0 amide bonds. The molecule has 104 valence electrons. The highest BCUT2D eigenvalue weighted by Gasteiger charge is 2.22. The van der Waals surface area contributed by atoms with E-state index in [0.29, 0.717) is 12.5 Å². The summed E-state index contributed by atoms with van der Waals surface area (Å²) in [5.41, 5.74) is 1.07. The molecule has 0 radical (unpaired) electrons. The highest BCUT2D eigenvalue weighted by atomic mass is 35.5. The fourth-order valence-corrected chi connectivity index (χ4v) is 2.24. The highest BCUT2D eigenvalue weighted by Crippen LogP contribution is 2.28. The van der Waals surface area contributed by atoms with Gasteiger partial charge in [-0.1, -0.05) is 32.4 Å². The zero-order valence-corrected chi connectivity index (χ0v) is 12.5. The molecule has 18 heavy (non-hydrogen) atoms. The van der Waals surface area contributed by atoms with Crippen LogP contribution in [0.25, 0.3) is 0 Å². The van der Waals surface area contributed by atoms with Gasteiger partial charge in [-0.25, -0.2) is 0 Å². The Morgan fingerprint density at radius 3 is 2.78 bits per heavy atom. The van der Waals surface area contributed by atoms with Crippen LogP contribution in [0, 0.1) is 5.92 Å². The number of rotatable bonds is 8. The molecule has 1 rings (SSSR count). The molecule has 0 fully saturated rings. The van der Waals surface area contributed by atoms with Gasteiger partial charge in [0.25, 0.3) is 0 Å². The molecule has 0 aliphatic rings. The van der Waals surface area contributed by atoms with Crippen molar-refractivity contribution in [2.24, 2.45) is 5.92 Å². The second-order valence-electron chi connectivity index (χ2n) is 4.77. The van der Waals surface area contributed by atoms with Crippen LogP contribution in [-0.4, -0.2) is 30.0 Å². The van der Waals surface area contributed by atoms with E-state index in [-0.39, 0.29) is 6.04 Å². The van der Waals surface area contributed by atoms with Gasteiger partial charge in [0, 0.05) is 7.11 Å². The first-order chi connectivity index (χ1) is 8.61. The van der Waals surface area contributed by atoms with Crippen molar-refractivity contribution in [1.29, 1.82) is 0 Å². The van der Waals surface area contributed by atoms with Crippen molar-refractivity contribution in [2.75, 3.05) is 20.3 Å². The van der Waals surface area contributed by atoms with Crippen LogP contribution in [-0.2, 0) is 11.3 Å². The van der Waals surface area contributed by atoms with Crippen LogP contribution >= 0.6 is 11.6 Å². The lowest BCUT2D eigenvalue weighted by Gasteiger charge is -2.24. The average molecular weight is 274 g/mol. The van der Waals surface area contributed by atoms with E-state index in [0.717, 1.165) is 30.2 Å². The number of hydrogen-bond donors (Lipinski definition) is 1. The molecule has 1 aromatic rings. The summed E-state index contributed by atoms with van der Waals surface area (Å²) >= 11 is 6.28. The summed E-state index contributed by atoms with van der Waals surface area (Å²) in [6.07, 6.45) is 2.82. The first-order valence-electron chi connectivity index (χ1n) is 6.55. The maximum Gasteiger partial charge on any atom is 0.0834 e. The second kappa shape index (κ2) is 7.77. The third-order valence-electron chi connectivity index (χ3n) is 2.92. The molecule has 5 heteroatoms. The van der Waals surface area contributed by atoms with Crippen molar-refractivity contribution in [3.8, 4) is 0 Å². The Balaban J connectivity index is 2.91. The predicted octanol–water partition coefficient (Wildman–Crippen LogP) is 2.88. The average Bonchev–Trinajstić information content (AvgIpc) is 2.69. The molecule has 0 aromatic carbocycles. The van der Waals surface area contributed by atoms with Gasteiger partial charge in [0.05, 0.1) is 36.1 Å². The highest BCUT2D eigenvalue weighted by molar-refractivity contribution is 6.31. The van der Waals surface area contributed by atoms with E-state index < -0.39 is 0 Å². The van der Waals surface area contributed by atoms with Crippen molar-refractivity contribution >= 4 is 11.6 Å². The summed E-state index contributed by atoms with van der Waals surface area (Å²) in [7, 11) is 1.69. The lowest BCUT2D eigenvalue weighted by atomic mass is 10.0. The van der Waals surface area contributed by atoms with Crippen molar-refractivity contribution in [2.45, 2.75) is 39.8 Å². The summed E-state index contributed by atoms with van der Waals surface area (Å²) < 4.78 is 7.05. The third-order valence-corrected chi connectivity index (χ3v) is 3.21. The van der Waals surface area contributed by atoms with E-state index in [1.54, 1.807) is 13.3 Å². The van der Waals surface area contributed by atoms with Crippen molar-refractivity contribution < 1.29 is 4.74 Å². The lowest BCUT2D eigenvalue weighted by molar-refractivity contribution is 0.181. The minimum absolute atomic E-state index is 0.233. The number of aromatic nitrogens is 2. The fraction of sp³-hybridized carbons (Fsp3) is 0.769. The number of hydrogen-bond acceptors (Lipinski definition) is 3. The standard InChI is InChI=1S/C13H24ClN3O/c1-5-6-15-12(10(2)3)13-11(14)9-16-17(13)7-8-18-4/h9-10,12,15H,5-8H2,1-4H3. The molecule has 0 aliphatic heterocycles. The Morgan fingerprint density at radius 1 is 1.50 bits per heavy atom. The van der Waals surface area contributed by atoms with Gasteiger partial charge in [-0.3, -0.25) is 4.68 Å². The van der Waals surface area contributed by atoms with E-state index in [9.17, 15) is 0 Å². The van der Waals surface area contributed by atoms with Gasteiger partial charge in [0.1, 0.15) is 0 Å². The number of halogens is 1. The molecule has 0 saturated carbocycles. The first-order valence-corrected chi connectivity index (χ1v) is 6.93. The molecule has 0 saturated heterocycles. The molecule has 0 bridgehead atoms. The molecule has 1 unspecified atom stereocenters. The zero-order chi connectivity index (χ0) is 13.5. The van der Waals surface area contributed by atoms with Gasteiger partial charge in [-0.2, -0.15) is 5.10 Å². The SMILES string of the molecule is CCCNC(c1c(Cl)cnn1CCOC)C(C)C. The minimum Gasteiger partial charge on any atom is -0.383 e. The van der Waals surface area contributed by atoms with Crippen LogP contribution in [0.3, 0.4) is 0 Å². The maximum atomic E-state index is 6.28. The molecule has 4 nitrogen and oxygen atoms in total. The van der Waals surface area contributed by atoms with Crippen LogP contribution in [0.5, 0.6) is 0 Å². The Labute approximate surface area is 115 Å².